The van der Waals surface area contributed by atoms with Gasteiger partial charge >= 0.3 is 0 Å². The first-order valence-corrected chi connectivity index (χ1v) is 6.50. The highest BCUT2D eigenvalue weighted by Gasteiger charge is 2.16. The van der Waals surface area contributed by atoms with Gasteiger partial charge in [0, 0.05) is 6.54 Å². The predicted octanol–water partition coefficient (Wildman–Crippen LogP) is 1.44. The van der Waals surface area contributed by atoms with E-state index in [1.807, 2.05) is 24.5 Å². The van der Waals surface area contributed by atoms with Gasteiger partial charge in [0.25, 0.3) is 0 Å². The van der Waals surface area contributed by atoms with Gasteiger partial charge in [0.2, 0.25) is 5.91 Å². The van der Waals surface area contributed by atoms with Gasteiger partial charge in [-0.2, -0.15) is 0 Å². The molecule has 2 rings (SSSR count). The van der Waals surface area contributed by atoms with Gasteiger partial charge < -0.3 is 14.7 Å². The Morgan fingerprint density at radius 2 is 2.33 bits per heavy atom. The summed E-state index contributed by atoms with van der Waals surface area (Å²) in [5.41, 5.74) is 6.04. The Morgan fingerprint density at radius 3 is 2.89 bits per heavy atom. The van der Waals surface area contributed by atoms with Crippen LogP contribution >= 0.6 is 11.8 Å². The van der Waals surface area contributed by atoms with Crippen LogP contribution in [0, 0.1) is 6.92 Å². The van der Waals surface area contributed by atoms with Crippen LogP contribution in [0.2, 0.25) is 0 Å². The molecule has 1 amide bonds. The van der Waals surface area contributed by atoms with Crippen molar-refractivity contribution in [3.63, 3.8) is 0 Å². The van der Waals surface area contributed by atoms with Crippen LogP contribution < -0.4 is 5.73 Å². The lowest BCUT2D eigenvalue weighted by molar-refractivity contribution is -0.115. The minimum Gasteiger partial charge on any atom is -0.469 e. The molecule has 0 unspecified atom stereocenters. The third kappa shape index (κ3) is 2.40. The first-order valence-electron chi connectivity index (χ1n) is 5.52. The molecule has 0 aromatic carbocycles. The van der Waals surface area contributed by atoms with Crippen molar-refractivity contribution >= 4 is 17.7 Å². The van der Waals surface area contributed by atoms with E-state index >= 15 is 0 Å². The van der Waals surface area contributed by atoms with Crippen LogP contribution in [-0.4, -0.2) is 26.4 Å². The summed E-state index contributed by atoms with van der Waals surface area (Å²) in [7, 11) is 0. The van der Waals surface area contributed by atoms with E-state index in [9.17, 15) is 4.79 Å². The lowest BCUT2D eigenvalue weighted by atomic mass is 10.2. The van der Waals surface area contributed by atoms with Gasteiger partial charge in [0.15, 0.2) is 11.0 Å². The summed E-state index contributed by atoms with van der Waals surface area (Å²) >= 11 is 1.29. The molecule has 0 fully saturated rings. The number of amides is 1. The second-order valence-electron chi connectivity index (χ2n) is 3.70. The number of aromatic nitrogens is 3. The zero-order valence-corrected chi connectivity index (χ0v) is 11.0. The zero-order valence-electron chi connectivity index (χ0n) is 10.2. The van der Waals surface area contributed by atoms with Crippen molar-refractivity contribution in [1.29, 1.82) is 0 Å². The number of aryl methyl sites for hydroxylation is 1. The average Bonchev–Trinajstić information content (AvgIpc) is 2.91. The standard InChI is InChI=1S/C11H14N4O2S/c1-3-15-10(8-4-5-17-7(8)2)13-14-11(15)18-6-9(12)16/h4-5H,3,6H2,1-2H3,(H2,12,16). The fourth-order valence-corrected chi connectivity index (χ4v) is 2.37. The molecule has 0 saturated carbocycles. The number of hydrogen-bond donors (Lipinski definition) is 1. The third-order valence-corrected chi connectivity index (χ3v) is 3.47. The first kappa shape index (κ1) is 12.7. The van der Waals surface area contributed by atoms with E-state index in [1.165, 1.54) is 11.8 Å². The molecule has 18 heavy (non-hydrogen) atoms. The van der Waals surface area contributed by atoms with Gasteiger partial charge in [-0.15, -0.1) is 10.2 Å². The molecule has 2 N–H and O–H groups in total. The number of nitrogens with zero attached hydrogens (tertiary/aromatic N) is 3. The molecule has 2 heterocycles. The molecular weight excluding hydrogens is 252 g/mol. The van der Waals surface area contributed by atoms with E-state index in [0.717, 1.165) is 17.1 Å². The average molecular weight is 266 g/mol. The summed E-state index contributed by atoms with van der Waals surface area (Å²) in [6.07, 6.45) is 1.62. The molecule has 0 bridgehead atoms. The quantitative estimate of drug-likeness (QED) is 0.827. The summed E-state index contributed by atoms with van der Waals surface area (Å²) in [6.45, 7) is 4.59. The Morgan fingerprint density at radius 1 is 1.56 bits per heavy atom. The Kier molecular flexibility index (Phi) is 3.71. The number of carbonyl (C=O) groups excluding carboxylic acids is 1. The smallest absolute Gasteiger partial charge is 0.227 e. The number of thioether (sulfide) groups is 1. The molecule has 0 aliphatic carbocycles. The summed E-state index contributed by atoms with van der Waals surface area (Å²) in [5.74, 6) is 1.37. The van der Waals surface area contributed by atoms with Crippen molar-refractivity contribution in [2.45, 2.75) is 25.5 Å². The van der Waals surface area contributed by atoms with Gasteiger partial charge in [-0.05, 0) is 19.9 Å². The molecule has 6 nitrogen and oxygen atoms in total. The Labute approximate surface area is 109 Å². The number of nitrogens with two attached hydrogens (primary N) is 1. The molecule has 0 radical (unpaired) electrons. The molecule has 96 valence electrons. The van der Waals surface area contributed by atoms with Gasteiger partial charge in [-0.1, -0.05) is 11.8 Å². The number of furan rings is 1. The largest absolute Gasteiger partial charge is 0.469 e. The van der Waals surface area contributed by atoms with Crippen molar-refractivity contribution in [3.05, 3.63) is 18.1 Å². The topological polar surface area (TPSA) is 86.9 Å². The maximum absolute atomic E-state index is 10.8. The van der Waals surface area contributed by atoms with Crippen molar-refractivity contribution in [1.82, 2.24) is 14.8 Å². The van der Waals surface area contributed by atoms with Crippen molar-refractivity contribution in [2.75, 3.05) is 5.75 Å². The van der Waals surface area contributed by atoms with Crippen LogP contribution in [0.15, 0.2) is 21.9 Å². The Hall–Kier alpha value is -1.76. The normalized spacial score (nSPS) is 10.8. The first-order chi connectivity index (χ1) is 8.63. The zero-order chi connectivity index (χ0) is 13.1. The molecular formula is C11H14N4O2S. The number of primary amides is 1. The van der Waals surface area contributed by atoms with Crippen LogP contribution in [0.25, 0.3) is 11.4 Å². The van der Waals surface area contributed by atoms with Crippen LogP contribution in [-0.2, 0) is 11.3 Å². The van der Waals surface area contributed by atoms with Crippen LogP contribution in [0.3, 0.4) is 0 Å². The minimum absolute atomic E-state index is 0.197. The van der Waals surface area contributed by atoms with E-state index in [1.54, 1.807) is 6.26 Å². The van der Waals surface area contributed by atoms with E-state index in [2.05, 4.69) is 10.2 Å². The maximum atomic E-state index is 10.8. The van der Waals surface area contributed by atoms with E-state index < -0.39 is 0 Å². The lowest BCUT2D eigenvalue weighted by Crippen LogP contribution is -2.13. The van der Waals surface area contributed by atoms with Crippen LogP contribution in [0.4, 0.5) is 0 Å². The van der Waals surface area contributed by atoms with Crippen molar-refractivity contribution in [2.24, 2.45) is 5.73 Å². The highest BCUT2D eigenvalue weighted by Crippen LogP contribution is 2.26. The number of hydrogen-bond acceptors (Lipinski definition) is 5. The van der Waals surface area contributed by atoms with Crippen LogP contribution in [0.1, 0.15) is 12.7 Å². The molecule has 2 aromatic heterocycles. The van der Waals surface area contributed by atoms with E-state index in [-0.39, 0.29) is 11.7 Å². The summed E-state index contributed by atoms with van der Waals surface area (Å²) in [6, 6.07) is 1.86. The van der Waals surface area contributed by atoms with Gasteiger partial charge in [-0.3, -0.25) is 4.79 Å². The second-order valence-corrected chi connectivity index (χ2v) is 4.64. The fraction of sp³-hybridized carbons (Fsp3) is 0.364. The monoisotopic (exact) mass is 266 g/mol. The highest BCUT2D eigenvalue weighted by atomic mass is 32.2. The van der Waals surface area contributed by atoms with Crippen LogP contribution in [0.5, 0.6) is 0 Å². The van der Waals surface area contributed by atoms with Crippen molar-refractivity contribution in [3.8, 4) is 11.4 Å². The van der Waals surface area contributed by atoms with E-state index in [0.29, 0.717) is 11.7 Å². The number of rotatable bonds is 5. The molecule has 2 aromatic rings. The van der Waals surface area contributed by atoms with Crippen molar-refractivity contribution < 1.29 is 9.21 Å². The fourth-order valence-electron chi connectivity index (χ4n) is 1.63. The Balaban J connectivity index is 2.33. The minimum atomic E-state index is -0.369. The number of carbonyl (C=O) groups is 1. The SMILES string of the molecule is CCn1c(SCC(N)=O)nnc1-c1ccoc1C. The maximum Gasteiger partial charge on any atom is 0.227 e. The Bertz CT molecular complexity index is 561. The van der Waals surface area contributed by atoms with Gasteiger partial charge in [0.05, 0.1) is 17.6 Å². The summed E-state index contributed by atoms with van der Waals surface area (Å²) < 4.78 is 7.20. The van der Waals surface area contributed by atoms with E-state index in [4.69, 9.17) is 10.2 Å². The molecule has 0 aliphatic rings. The lowest BCUT2D eigenvalue weighted by Gasteiger charge is -2.05. The van der Waals surface area contributed by atoms with Gasteiger partial charge in [0.1, 0.15) is 5.76 Å². The predicted molar refractivity (Wildman–Crippen MR) is 68.1 cm³/mol. The second kappa shape index (κ2) is 5.26. The molecule has 0 spiro atoms. The third-order valence-electron chi connectivity index (χ3n) is 2.48. The summed E-state index contributed by atoms with van der Waals surface area (Å²) in [5, 5.41) is 8.92. The highest BCUT2D eigenvalue weighted by molar-refractivity contribution is 7.99. The molecule has 0 atom stereocenters. The summed E-state index contributed by atoms with van der Waals surface area (Å²) in [4.78, 5) is 10.8. The molecule has 0 aliphatic heterocycles. The molecule has 0 saturated heterocycles. The van der Waals surface area contributed by atoms with Gasteiger partial charge in [-0.25, -0.2) is 0 Å². The molecule has 7 heteroatoms.